The Kier molecular flexibility index (Phi) is 3.42. The normalized spacial score (nSPS) is 12.6. The first-order chi connectivity index (χ1) is 9.10. The Morgan fingerprint density at radius 1 is 1.20 bits per heavy atom. The van der Waals surface area contributed by atoms with Crippen LogP contribution >= 0.6 is 11.6 Å². The topological polar surface area (TPSA) is 76.2 Å². The van der Waals surface area contributed by atoms with E-state index < -0.39 is 26.9 Å². The summed E-state index contributed by atoms with van der Waals surface area (Å²) in [6.45, 7) is 0. The van der Waals surface area contributed by atoms with E-state index in [2.05, 4.69) is 9.17 Å². The Morgan fingerprint density at radius 3 is 2.45 bits per heavy atom. The number of halogens is 4. The van der Waals surface area contributed by atoms with Gasteiger partial charge in [-0.25, -0.2) is 0 Å². The summed E-state index contributed by atoms with van der Waals surface area (Å²) in [5, 5.41) is 0.485. The van der Waals surface area contributed by atoms with E-state index in [1.54, 1.807) is 0 Å². The van der Waals surface area contributed by atoms with Crippen LogP contribution in [0, 0.1) is 0 Å². The van der Waals surface area contributed by atoms with Crippen LogP contribution < -0.4 is 9.74 Å². The summed E-state index contributed by atoms with van der Waals surface area (Å²) in [4.78, 5) is 13.7. The summed E-state index contributed by atoms with van der Waals surface area (Å²) >= 11 is 5.69. The maximum absolute atomic E-state index is 12.2. The number of fused-ring (bicyclic) bond motifs is 1. The third kappa shape index (κ3) is 2.73. The number of aromatic nitrogens is 1. The quantitative estimate of drug-likeness (QED) is 0.679. The molecule has 2 aromatic rings. The first-order valence-electron chi connectivity index (χ1n) is 4.93. The summed E-state index contributed by atoms with van der Waals surface area (Å²) in [5.74, 6) is -0.989. The fraction of sp³-hybridized carbons (Fsp3) is 0.100. The van der Waals surface area contributed by atoms with Crippen LogP contribution in [0.5, 0.6) is 5.75 Å². The Morgan fingerprint density at radius 2 is 1.85 bits per heavy atom. The highest BCUT2D eigenvalue weighted by Crippen LogP contribution is 2.27. The SMILES string of the molecule is O=c1[nH]c2ccc(Cl)cc2cc1OS(=O)(=O)C(F)(F)F. The van der Waals surface area contributed by atoms with Crippen LogP contribution in [0.25, 0.3) is 10.9 Å². The average molecular weight is 328 g/mol. The van der Waals surface area contributed by atoms with Gasteiger partial charge < -0.3 is 9.17 Å². The van der Waals surface area contributed by atoms with Gasteiger partial charge in [-0.2, -0.15) is 21.6 Å². The van der Waals surface area contributed by atoms with Gasteiger partial charge in [0.15, 0.2) is 0 Å². The van der Waals surface area contributed by atoms with E-state index in [0.717, 1.165) is 6.07 Å². The Bertz CT molecular complexity index is 828. The molecular formula is C10H5ClF3NO4S. The van der Waals surface area contributed by atoms with Crippen LogP contribution in [0.2, 0.25) is 5.02 Å². The molecule has 0 saturated carbocycles. The number of rotatable bonds is 2. The van der Waals surface area contributed by atoms with Gasteiger partial charge in [0, 0.05) is 15.9 Å². The highest BCUT2D eigenvalue weighted by atomic mass is 35.5. The first kappa shape index (κ1) is 14.7. The molecule has 0 radical (unpaired) electrons. The molecule has 0 unspecified atom stereocenters. The van der Waals surface area contributed by atoms with Crippen molar-refractivity contribution in [3.63, 3.8) is 0 Å². The van der Waals surface area contributed by atoms with Gasteiger partial charge in [-0.15, -0.1) is 0 Å². The number of H-pyrrole nitrogens is 1. The van der Waals surface area contributed by atoms with E-state index in [-0.39, 0.29) is 15.9 Å². The molecule has 20 heavy (non-hydrogen) atoms. The van der Waals surface area contributed by atoms with E-state index >= 15 is 0 Å². The smallest absolute Gasteiger partial charge is 0.370 e. The van der Waals surface area contributed by atoms with E-state index in [1.807, 2.05) is 0 Å². The van der Waals surface area contributed by atoms with Gasteiger partial charge in [-0.05, 0) is 24.3 Å². The lowest BCUT2D eigenvalue weighted by Gasteiger charge is -2.09. The average Bonchev–Trinajstić information content (AvgIpc) is 2.29. The molecule has 1 N–H and O–H groups in total. The largest absolute Gasteiger partial charge is 0.534 e. The van der Waals surface area contributed by atoms with E-state index in [4.69, 9.17) is 11.6 Å². The van der Waals surface area contributed by atoms with Crippen molar-refractivity contribution in [2.45, 2.75) is 5.51 Å². The fourth-order valence-electron chi connectivity index (χ4n) is 1.38. The molecular weight excluding hydrogens is 323 g/mol. The predicted molar refractivity (Wildman–Crippen MR) is 65.2 cm³/mol. The fourth-order valence-corrected chi connectivity index (χ4v) is 2.02. The van der Waals surface area contributed by atoms with Crippen molar-refractivity contribution in [2.24, 2.45) is 0 Å². The lowest BCUT2D eigenvalue weighted by atomic mass is 10.2. The second-order valence-electron chi connectivity index (χ2n) is 3.68. The van der Waals surface area contributed by atoms with Crippen LogP contribution in [-0.4, -0.2) is 18.9 Å². The number of alkyl halides is 3. The summed E-state index contributed by atoms with van der Waals surface area (Å²) < 4.78 is 62.1. The zero-order chi connectivity index (χ0) is 15.1. The van der Waals surface area contributed by atoms with Crippen molar-refractivity contribution in [1.29, 1.82) is 0 Å². The number of benzene rings is 1. The van der Waals surface area contributed by atoms with Crippen molar-refractivity contribution in [1.82, 2.24) is 4.98 Å². The van der Waals surface area contributed by atoms with Crippen LogP contribution in [0.15, 0.2) is 29.1 Å². The van der Waals surface area contributed by atoms with Crippen LogP contribution in [0.1, 0.15) is 0 Å². The van der Waals surface area contributed by atoms with Gasteiger partial charge >= 0.3 is 15.6 Å². The number of hydrogen-bond acceptors (Lipinski definition) is 4. The minimum absolute atomic E-state index is 0.226. The maximum atomic E-state index is 12.2. The number of pyridine rings is 1. The minimum atomic E-state index is -5.91. The second kappa shape index (κ2) is 4.67. The van der Waals surface area contributed by atoms with Gasteiger partial charge in [0.25, 0.3) is 5.56 Å². The van der Waals surface area contributed by atoms with Crippen molar-refractivity contribution in [3.05, 3.63) is 39.6 Å². The molecule has 10 heteroatoms. The molecule has 0 fully saturated rings. The molecule has 0 aliphatic carbocycles. The molecule has 1 aromatic carbocycles. The highest BCUT2D eigenvalue weighted by Gasteiger charge is 2.48. The summed E-state index contributed by atoms with van der Waals surface area (Å²) in [5.41, 5.74) is -6.45. The Balaban J connectivity index is 2.56. The zero-order valence-corrected chi connectivity index (χ0v) is 10.9. The third-order valence-electron chi connectivity index (χ3n) is 2.26. The van der Waals surface area contributed by atoms with Crippen LogP contribution in [-0.2, 0) is 10.1 Å². The molecule has 0 saturated heterocycles. The van der Waals surface area contributed by atoms with Crippen molar-refractivity contribution in [3.8, 4) is 5.75 Å². The molecule has 2 rings (SSSR count). The standard InChI is InChI=1S/C10H5ClF3NO4S/c11-6-1-2-7-5(3-6)4-8(9(16)15-7)19-20(17,18)10(12,13)14/h1-4H,(H,15,16). The van der Waals surface area contributed by atoms with Crippen molar-refractivity contribution in [2.75, 3.05) is 0 Å². The Hall–Kier alpha value is -1.74. The molecule has 0 aliphatic rings. The Labute approximate surface area is 115 Å². The predicted octanol–water partition coefficient (Wildman–Crippen LogP) is 2.41. The molecule has 1 aromatic heterocycles. The van der Waals surface area contributed by atoms with Crippen molar-refractivity contribution < 1.29 is 25.8 Å². The number of aromatic amines is 1. The summed E-state index contributed by atoms with van der Waals surface area (Å²) in [6, 6.07) is 5.07. The molecule has 0 spiro atoms. The monoisotopic (exact) mass is 327 g/mol. The molecule has 0 atom stereocenters. The first-order valence-corrected chi connectivity index (χ1v) is 6.72. The van der Waals surface area contributed by atoms with Crippen molar-refractivity contribution >= 4 is 32.6 Å². The van der Waals surface area contributed by atoms with Gasteiger partial charge in [0.05, 0.1) is 0 Å². The van der Waals surface area contributed by atoms with E-state index in [9.17, 15) is 26.4 Å². The molecule has 0 aliphatic heterocycles. The zero-order valence-electron chi connectivity index (χ0n) is 9.36. The van der Waals surface area contributed by atoms with Gasteiger partial charge in [-0.1, -0.05) is 11.6 Å². The summed E-state index contributed by atoms with van der Waals surface area (Å²) in [6.07, 6.45) is 0. The van der Waals surface area contributed by atoms with Gasteiger partial charge in [0.2, 0.25) is 5.75 Å². The van der Waals surface area contributed by atoms with E-state index in [1.165, 1.54) is 18.2 Å². The third-order valence-corrected chi connectivity index (χ3v) is 3.46. The number of hydrogen-bond donors (Lipinski definition) is 1. The molecule has 108 valence electrons. The van der Waals surface area contributed by atoms with Crippen LogP contribution in [0.4, 0.5) is 13.2 Å². The molecule has 0 amide bonds. The molecule has 0 bridgehead atoms. The molecule has 5 nitrogen and oxygen atoms in total. The van der Waals surface area contributed by atoms with Gasteiger partial charge in [0.1, 0.15) is 0 Å². The van der Waals surface area contributed by atoms with Crippen LogP contribution in [0.3, 0.4) is 0 Å². The molecule has 1 heterocycles. The number of nitrogens with one attached hydrogen (secondary N) is 1. The lowest BCUT2D eigenvalue weighted by molar-refractivity contribution is -0.0500. The summed E-state index contributed by atoms with van der Waals surface area (Å²) in [7, 11) is -5.91. The highest BCUT2D eigenvalue weighted by molar-refractivity contribution is 7.88. The second-order valence-corrected chi connectivity index (χ2v) is 5.65. The van der Waals surface area contributed by atoms with Gasteiger partial charge in [-0.3, -0.25) is 4.79 Å². The van der Waals surface area contributed by atoms with E-state index in [0.29, 0.717) is 0 Å². The maximum Gasteiger partial charge on any atom is 0.534 e. The minimum Gasteiger partial charge on any atom is -0.370 e. The lowest BCUT2D eigenvalue weighted by Crippen LogP contribution is -2.30.